The molecule has 8 nitrogen and oxygen atoms in total. The number of carbonyl (C=O) groups is 3. The molecule has 0 heterocycles. The summed E-state index contributed by atoms with van der Waals surface area (Å²) in [5.74, 6) is -1.54. The summed E-state index contributed by atoms with van der Waals surface area (Å²) in [5.41, 5.74) is 0.696. The van der Waals surface area contributed by atoms with Gasteiger partial charge in [0.05, 0.1) is 6.61 Å². The minimum atomic E-state index is -0.843. The number of hydrogen-bond acceptors (Lipinski definition) is 6. The Labute approximate surface area is 192 Å². The molecule has 0 aliphatic rings. The van der Waals surface area contributed by atoms with Gasteiger partial charge >= 0.3 is 18.0 Å². The average Bonchev–Trinajstić information content (AvgIpc) is 2.70. The first kappa shape index (κ1) is 27.4. The Kier molecular flexibility index (Phi) is 12.4. The van der Waals surface area contributed by atoms with Crippen molar-refractivity contribution in [2.24, 2.45) is 0 Å². The maximum absolute atomic E-state index is 12.0. The van der Waals surface area contributed by atoms with E-state index >= 15 is 0 Å². The lowest BCUT2D eigenvalue weighted by Gasteiger charge is -2.25. The summed E-state index contributed by atoms with van der Waals surface area (Å²) in [6, 6.07) is 10.2. The highest BCUT2D eigenvalue weighted by atomic mass is 16.6. The van der Waals surface area contributed by atoms with Crippen LogP contribution in [0.5, 0.6) is 0 Å². The number of carbonyl (C=O) groups excluding carboxylic acids is 3. The van der Waals surface area contributed by atoms with E-state index in [0.29, 0.717) is 6.54 Å². The van der Waals surface area contributed by atoms with Crippen LogP contribution in [0, 0.1) is 0 Å². The van der Waals surface area contributed by atoms with E-state index in [1.165, 1.54) is 5.56 Å². The maximum atomic E-state index is 12.0. The molecule has 0 bridgehead atoms. The Bertz CT molecular complexity index is 703. The molecule has 1 atom stereocenters. The van der Waals surface area contributed by atoms with Gasteiger partial charge in [0.2, 0.25) is 0 Å². The van der Waals surface area contributed by atoms with Crippen molar-refractivity contribution in [3.05, 3.63) is 35.9 Å². The van der Waals surface area contributed by atoms with Crippen LogP contribution in [0.4, 0.5) is 4.79 Å². The second-order valence-electron chi connectivity index (χ2n) is 8.78. The van der Waals surface area contributed by atoms with Gasteiger partial charge in [0.25, 0.3) is 0 Å². The third kappa shape index (κ3) is 12.9. The zero-order chi connectivity index (χ0) is 24.0. The van der Waals surface area contributed by atoms with Gasteiger partial charge in [-0.15, -0.1) is 0 Å². The number of hydrogen-bond donors (Lipinski definition) is 2. The van der Waals surface area contributed by atoms with Crippen LogP contribution in [0.2, 0.25) is 0 Å². The van der Waals surface area contributed by atoms with Crippen LogP contribution in [0.15, 0.2) is 30.3 Å². The smallest absolute Gasteiger partial charge is 0.407 e. The van der Waals surface area contributed by atoms with Gasteiger partial charge in [-0.3, -0.25) is 9.69 Å². The van der Waals surface area contributed by atoms with Crippen molar-refractivity contribution in [2.75, 3.05) is 26.2 Å². The molecule has 2 N–H and O–H groups in total. The molecular formula is C24H39N3O5. The largest absolute Gasteiger partial charge is 0.459 e. The molecule has 1 aromatic carbocycles. The topological polar surface area (TPSA) is 97.0 Å². The van der Waals surface area contributed by atoms with Crippen molar-refractivity contribution in [1.29, 1.82) is 0 Å². The Balaban J connectivity index is 2.47. The van der Waals surface area contributed by atoms with Gasteiger partial charge in [-0.25, -0.2) is 9.59 Å². The van der Waals surface area contributed by atoms with Crippen LogP contribution in [0.3, 0.4) is 0 Å². The van der Waals surface area contributed by atoms with Crippen molar-refractivity contribution in [3.63, 3.8) is 0 Å². The van der Waals surface area contributed by atoms with E-state index in [9.17, 15) is 14.4 Å². The first-order chi connectivity index (χ1) is 15.1. The number of esters is 1. The van der Waals surface area contributed by atoms with Gasteiger partial charge < -0.3 is 20.1 Å². The summed E-state index contributed by atoms with van der Waals surface area (Å²) in [6.07, 6.45) is 1.99. The van der Waals surface area contributed by atoms with Crippen LogP contribution in [-0.2, 0) is 25.6 Å². The van der Waals surface area contributed by atoms with Gasteiger partial charge in [0, 0.05) is 25.7 Å². The number of nitrogens with zero attached hydrogens (tertiary/aromatic N) is 1. The zero-order valence-electron chi connectivity index (χ0n) is 20.1. The lowest BCUT2D eigenvalue weighted by molar-refractivity contribution is -0.154. The zero-order valence-corrected chi connectivity index (χ0v) is 20.1. The van der Waals surface area contributed by atoms with Gasteiger partial charge in [-0.1, -0.05) is 30.3 Å². The molecule has 0 aliphatic carbocycles. The molecule has 0 aliphatic heterocycles. The van der Waals surface area contributed by atoms with Gasteiger partial charge in [0.1, 0.15) is 5.60 Å². The SMILES string of the molecule is CCOC(=O)C(=O)NCCCCN(CCC(C)NC(=O)OC(C)(C)C)Cc1ccccc1. The molecule has 1 unspecified atom stereocenters. The molecular weight excluding hydrogens is 410 g/mol. The minimum Gasteiger partial charge on any atom is -0.459 e. The Morgan fingerprint density at radius 3 is 2.38 bits per heavy atom. The Hall–Kier alpha value is -2.61. The molecule has 0 aromatic heterocycles. The highest BCUT2D eigenvalue weighted by Crippen LogP contribution is 2.09. The fourth-order valence-corrected chi connectivity index (χ4v) is 3.00. The number of benzene rings is 1. The number of nitrogens with one attached hydrogen (secondary N) is 2. The quantitative estimate of drug-likeness (QED) is 0.289. The lowest BCUT2D eigenvalue weighted by atomic mass is 10.1. The van der Waals surface area contributed by atoms with Crippen molar-refractivity contribution in [1.82, 2.24) is 15.5 Å². The highest BCUT2D eigenvalue weighted by Gasteiger charge is 2.18. The molecule has 1 aromatic rings. The highest BCUT2D eigenvalue weighted by molar-refractivity contribution is 6.32. The third-order valence-corrected chi connectivity index (χ3v) is 4.54. The number of alkyl carbamates (subject to hydrolysis) is 1. The van der Waals surface area contributed by atoms with E-state index in [-0.39, 0.29) is 12.6 Å². The molecule has 0 spiro atoms. The van der Waals surface area contributed by atoms with Crippen LogP contribution < -0.4 is 10.6 Å². The van der Waals surface area contributed by atoms with Crippen LogP contribution >= 0.6 is 0 Å². The van der Waals surface area contributed by atoms with E-state index in [4.69, 9.17) is 4.74 Å². The average molecular weight is 450 g/mol. The molecule has 0 radical (unpaired) electrons. The van der Waals surface area contributed by atoms with Gasteiger partial charge in [-0.2, -0.15) is 0 Å². The summed E-state index contributed by atoms with van der Waals surface area (Å²) >= 11 is 0. The molecule has 8 heteroatoms. The van der Waals surface area contributed by atoms with Gasteiger partial charge in [0.15, 0.2) is 0 Å². The Morgan fingerprint density at radius 1 is 1.06 bits per heavy atom. The van der Waals surface area contributed by atoms with E-state index in [0.717, 1.165) is 38.9 Å². The predicted molar refractivity (Wildman–Crippen MR) is 124 cm³/mol. The van der Waals surface area contributed by atoms with E-state index in [1.54, 1.807) is 6.92 Å². The van der Waals surface area contributed by atoms with Gasteiger partial charge in [-0.05, 0) is 66.0 Å². The normalized spacial score (nSPS) is 12.2. The monoisotopic (exact) mass is 449 g/mol. The summed E-state index contributed by atoms with van der Waals surface area (Å²) in [5, 5.41) is 5.47. The third-order valence-electron chi connectivity index (χ3n) is 4.54. The predicted octanol–water partition coefficient (Wildman–Crippen LogP) is 3.25. The molecule has 1 rings (SSSR count). The van der Waals surface area contributed by atoms with Crippen molar-refractivity contribution in [2.45, 2.75) is 72.1 Å². The summed E-state index contributed by atoms with van der Waals surface area (Å²) in [7, 11) is 0. The molecule has 32 heavy (non-hydrogen) atoms. The van der Waals surface area contributed by atoms with E-state index < -0.39 is 23.6 Å². The second kappa shape index (κ2) is 14.5. The number of ether oxygens (including phenoxy) is 2. The molecule has 0 saturated heterocycles. The first-order valence-corrected chi connectivity index (χ1v) is 11.3. The maximum Gasteiger partial charge on any atom is 0.407 e. The number of rotatable bonds is 12. The van der Waals surface area contributed by atoms with Crippen molar-refractivity contribution >= 4 is 18.0 Å². The van der Waals surface area contributed by atoms with E-state index in [1.807, 2.05) is 45.9 Å². The first-order valence-electron chi connectivity index (χ1n) is 11.3. The van der Waals surface area contributed by atoms with Crippen LogP contribution in [0.1, 0.15) is 59.4 Å². The second-order valence-corrected chi connectivity index (χ2v) is 8.78. The summed E-state index contributed by atoms with van der Waals surface area (Å²) < 4.78 is 10.00. The number of unbranched alkanes of at least 4 members (excludes halogenated alkanes) is 1. The molecule has 0 saturated carbocycles. The Morgan fingerprint density at radius 2 is 1.75 bits per heavy atom. The van der Waals surface area contributed by atoms with Crippen molar-refractivity contribution in [3.8, 4) is 0 Å². The minimum absolute atomic E-state index is 0.0213. The summed E-state index contributed by atoms with van der Waals surface area (Å²) in [4.78, 5) is 37.2. The number of amides is 2. The molecule has 2 amide bonds. The summed E-state index contributed by atoms with van der Waals surface area (Å²) in [6.45, 7) is 12.2. The van der Waals surface area contributed by atoms with Crippen molar-refractivity contribution < 1.29 is 23.9 Å². The lowest BCUT2D eigenvalue weighted by Crippen LogP contribution is -2.39. The fourth-order valence-electron chi connectivity index (χ4n) is 3.00. The van der Waals surface area contributed by atoms with Crippen LogP contribution in [0.25, 0.3) is 0 Å². The van der Waals surface area contributed by atoms with E-state index in [2.05, 4.69) is 32.4 Å². The molecule has 180 valence electrons. The van der Waals surface area contributed by atoms with Crippen LogP contribution in [-0.4, -0.2) is 60.8 Å². The molecule has 0 fully saturated rings. The standard InChI is InChI=1S/C24H39N3O5/c1-6-31-22(29)21(28)25-15-10-11-16-27(18-20-12-8-7-9-13-20)17-14-19(2)26-23(30)32-24(3,4)5/h7-9,12-13,19H,6,10-11,14-18H2,1-5H3,(H,25,28)(H,26,30). The fraction of sp³-hybridized carbons (Fsp3) is 0.625.